The summed E-state index contributed by atoms with van der Waals surface area (Å²) in [6.45, 7) is 5.89. The van der Waals surface area contributed by atoms with Crippen molar-refractivity contribution >= 4 is 23.7 Å². The smallest absolute Gasteiger partial charge is 0.354 e. The molecule has 0 bridgehead atoms. The average Bonchev–Trinajstić information content (AvgIpc) is 3.28. The van der Waals surface area contributed by atoms with E-state index in [0.717, 1.165) is 24.0 Å². The molecule has 1 amide bonds. The quantitative estimate of drug-likeness (QED) is 0.735. The molecule has 0 saturated heterocycles. The van der Waals surface area contributed by atoms with E-state index in [-0.39, 0.29) is 23.2 Å². The molecule has 2 heterocycles. The Morgan fingerprint density at radius 3 is 2.96 bits per heavy atom. The van der Waals surface area contributed by atoms with Crippen LogP contribution in [0.4, 0.5) is 0 Å². The molecule has 1 aliphatic carbocycles. The second kappa shape index (κ2) is 6.31. The van der Waals surface area contributed by atoms with Crippen molar-refractivity contribution in [2.75, 3.05) is 0 Å². The van der Waals surface area contributed by atoms with E-state index in [4.69, 9.17) is 0 Å². The molecule has 1 atom stereocenters. The van der Waals surface area contributed by atoms with Gasteiger partial charge < -0.3 is 10.4 Å². The van der Waals surface area contributed by atoms with Crippen LogP contribution in [0.3, 0.4) is 0 Å². The molecule has 4 rings (SSSR count). The lowest BCUT2D eigenvalue weighted by Gasteiger charge is -2.16. The van der Waals surface area contributed by atoms with Gasteiger partial charge in [-0.3, -0.25) is 4.79 Å². The highest BCUT2D eigenvalue weighted by Gasteiger charge is 2.27. The first-order valence-electron chi connectivity index (χ1n) is 8.49. The van der Waals surface area contributed by atoms with Crippen LogP contribution in [-0.2, 0) is 6.42 Å². The van der Waals surface area contributed by atoms with Crippen molar-refractivity contribution < 1.29 is 14.7 Å². The second-order valence-electron chi connectivity index (χ2n) is 6.42. The van der Waals surface area contributed by atoms with Gasteiger partial charge in [0.1, 0.15) is 12.0 Å². The summed E-state index contributed by atoms with van der Waals surface area (Å²) in [6, 6.07) is 5.07. The number of amides is 1. The topological polar surface area (TPSA) is 109 Å². The number of nitrogens with zero attached hydrogens (tertiary/aromatic N) is 4. The van der Waals surface area contributed by atoms with E-state index < -0.39 is 11.9 Å². The molecule has 27 heavy (non-hydrogen) atoms. The second-order valence-corrected chi connectivity index (χ2v) is 6.42. The number of aromatic carboxylic acids is 1. The van der Waals surface area contributed by atoms with Crippen molar-refractivity contribution in [1.29, 1.82) is 0 Å². The Morgan fingerprint density at radius 1 is 1.41 bits per heavy atom. The molecule has 0 spiro atoms. The minimum Gasteiger partial charge on any atom is -0.477 e. The molecular formula is C19H17N5O3. The molecule has 0 fully saturated rings. The number of aromatic nitrogens is 4. The van der Waals surface area contributed by atoms with Crippen LogP contribution < -0.4 is 5.32 Å². The first-order valence-corrected chi connectivity index (χ1v) is 8.49. The number of benzene rings is 1. The monoisotopic (exact) mass is 363 g/mol. The summed E-state index contributed by atoms with van der Waals surface area (Å²) in [5, 5.41) is 16.2. The number of rotatable bonds is 4. The van der Waals surface area contributed by atoms with Gasteiger partial charge in [0.25, 0.3) is 11.7 Å². The van der Waals surface area contributed by atoms with E-state index in [0.29, 0.717) is 0 Å². The van der Waals surface area contributed by atoms with Crippen molar-refractivity contribution in [3.63, 3.8) is 0 Å². The molecule has 2 aromatic heterocycles. The van der Waals surface area contributed by atoms with Crippen molar-refractivity contribution in [1.82, 2.24) is 24.9 Å². The van der Waals surface area contributed by atoms with Crippen LogP contribution in [0, 0.1) is 6.92 Å². The van der Waals surface area contributed by atoms with Crippen LogP contribution in [-0.4, -0.2) is 36.6 Å². The fraction of sp³-hybridized carbons (Fsp3) is 0.211. The van der Waals surface area contributed by atoms with Gasteiger partial charge in [-0.2, -0.15) is 14.6 Å². The SMILES string of the molecule is C=Cc1ccc2c(c1C)CCC2NC(=O)c1cc(C(=O)O)nc2ncnn12. The number of carboxylic acid groups (broad SMARTS) is 1. The highest BCUT2D eigenvalue weighted by Crippen LogP contribution is 2.35. The van der Waals surface area contributed by atoms with Crippen molar-refractivity contribution in [3.8, 4) is 0 Å². The fourth-order valence-electron chi connectivity index (χ4n) is 3.59. The van der Waals surface area contributed by atoms with E-state index in [1.54, 1.807) is 0 Å². The zero-order valence-corrected chi connectivity index (χ0v) is 14.6. The maximum atomic E-state index is 12.9. The lowest BCUT2D eigenvalue weighted by atomic mass is 9.98. The molecule has 3 aromatic rings. The minimum atomic E-state index is -1.23. The lowest BCUT2D eigenvalue weighted by molar-refractivity contribution is 0.0690. The van der Waals surface area contributed by atoms with Gasteiger partial charge in [-0.1, -0.05) is 24.8 Å². The van der Waals surface area contributed by atoms with Crippen molar-refractivity contribution in [2.45, 2.75) is 25.8 Å². The molecule has 2 N–H and O–H groups in total. The molecule has 0 saturated carbocycles. The summed E-state index contributed by atoms with van der Waals surface area (Å²) in [4.78, 5) is 31.9. The molecule has 1 aliphatic rings. The molecule has 8 nitrogen and oxygen atoms in total. The number of hydrogen-bond donors (Lipinski definition) is 2. The van der Waals surface area contributed by atoms with E-state index in [1.807, 2.05) is 18.2 Å². The summed E-state index contributed by atoms with van der Waals surface area (Å²) < 4.78 is 1.24. The van der Waals surface area contributed by atoms with E-state index >= 15 is 0 Å². The van der Waals surface area contributed by atoms with Gasteiger partial charge >= 0.3 is 5.97 Å². The van der Waals surface area contributed by atoms with Gasteiger partial charge in [0.05, 0.1) is 6.04 Å². The summed E-state index contributed by atoms with van der Waals surface area (Å²) in [7, 11) is 0. The van der Waals surface area contributed by atoms with Gasteiger partial charge in [0.2, 0.25) is 0 Å². The predicted molar refractivity (Wildman–Crippen MR) is 97.5 cm³/mol. The third kappa shape index (κ3) is 2.75. The van der Waals surface area contributed by atoms with Crippen LogP contribution in [0.2, 0.25) is 0 Å². The van der Waals surface area contributed by atoms with Gasteiger partial charge in [0, 0.05) is 6.07 Å². The van der Waals surface area contributed by atoms with Crippen LogP contribution >= 0.6 is 0 Å². The Hall–Kier alpha value is -3.55. The van der Waals surface area contributed by atoms with Gasteiger partial charge in [-0.15, -0.1) is 0 Å². The summed E-state index contributed by atoms with van der Waals surface area (Å²) in [6.07, 6.45) is 4.70. The summed E-state index contributed by atoms with van der Waals surface area (Å²) in [5.74, 6) is -1.58. The minimum absolute atomic E-state index is 0.0679. The standard InChI is InChI=1S/C19H17N5O3/c1-3-11-4-5-13-12(10(11)2)6-7-14(13)22-17(25)16-8-15(18(26)27)23-19-20-9-21-24(16)19/h3-5,8-9,14H,1,6-7H2,2H3,(H,22,25)(H,26,27). The van der Waals surface area contributed by atoms with Gasteiger partial charge in [0.15, 0.2) is 5.69 Å². The highest BCUT2D eigenvalue weighted by atomic mass is 16.4. The molecular weight excluding hydrogens is 346 g/mol. The predicted octanol–water partition coefficient (Wildman–Crippen LogP) is 2.19. The Kier molecular flexibility index (Phi) is 3.95. The number of fused-ring (bicyclic) bond motifs is 2. The van der Waals surface area contributed by atoms with Gasteiger partial charge in [-0.05, 0) is 42.0 Å². The number of carboxylic acids is 1. The molecule has 0 radical (unpaired) electrons. The zero-order chi connectivity index (χ0) is 19.1. The van der Waals surface area contributed by atoms with Crippen LogP contribution in [0.15, 0.2) is 31.1 Å². The first-order chi connectivity index (χ1) is 13.0. The van der Waals surface area contributed by atoms with Crippen LogP contribution in [0.25, 0.3) is 11.9 Å². The Bertz CT molecular complexity index is 1100. The fourth-order valence-corrected chi connectivity index (χ4v) is 3.59. The van der Waals surface area contributed by atoms with E-state index in [1.165, 1.54) is 28.0 Å². The van der Waals surface area contributed by atoms with E-state index in [2.05, 4.69) is 33.9 Å². The maximum Gasteiger partial charge on any atom is 0.354 e. The molecule has 1 aromatic carbocycles. The van der Waals surface area contributed by atoms with Gasteiger partial charge in [-0.25, -0.2) is 9.78 Å². The third-order valence-electron chi connectivity index (χ3n) is 4.96. The van der Waals surface area contributed by atoms with Crippen molar-refractivity contribution in [3.05, 3.63) is 64.7 Å². The number of carbonyl (C=O) groups excluding carboxylic acids is 1. The Labute approximate surface area is 154 Å². The lowest BCUT2D eigenvalue weighted by Crippen LogP contribution is -2.29. The molecule has 0 aliphatic heterocycles. The summed E-state index contributed by atoms with van der Waals surface area (Å²) >= 11 is 0. The number of carbonyl (C=O) groups is 2. The molecule has 136 valence electrons. The Balaban J connectivity index is 1.68. The van der Waals surface area contributed by atoms with E-state index in [9.17, 15) is 14.7 Å². The first kappa shape index (κ1) is 16.9. The third-order valence-corrected chi connectivity index (χ3v) is 4.96. The summed E-state index contributed by atoms with van der Waals surface area (Å²) in [5.41, 5.74) is 4.40. The van der Waals surface area contributed by atoms with Crippen LogP contribution in [0.5, 0.6) is 0 Å². The average molecular weight is 363 g/mol. The number of hydrogen-bond acceptors (Lipinski definition) is 5. The number of nitrogens with one attached hydrogen (secondary N) is 1. The largest absolute Gasteiger partial charge is 0.477 e. The zero-order valence-electron chi connectivity index (χ0n) is 14.6. The normalized spacial score (nSPS) is 15.5. The molecule has 1 unspecified atom stereocenters. The molecule has 8 heteroatoms. The van der Waals surface area contributed by atoms with Crippen LogP contribution in [0.1, 0.15) is 55.7 Å². The maximum absolute atomic E-state index is 12.9. The highest BCUT2D eigenvalue weighted by molar-refractivity contribution is 5.96. The Morgan fingerprint density at radius 2 is 2.22 bits per heavy atom. The van der Waals surface area contributed by atoms with Crippen molar-refractivity contribution in [2.24, 2.45) is 0 Å².